The van der Waals surface area contributed by atoms with E-state index in [1.165, 1.54) is 19.1 Å². The standard InChI is InChI=1S/C35H44ClN3O9/c1-20-11-10-14-27(45-6)35(43)19-26(46-33(42)38-35)21(2)31-34(3,48-31)28(47-32(41)37-23-12-8-7-9-13-23)18-29(40)39(4)24-16-22(15-20)17-25(44-5)30(24)36/h7-8,10-12,14,16-17,21,26-28,31,43H,9,13,15,18-19H2,1-6H3,(H,37,41)(H,38,42)/b14-10+,20-11+/t21-,26+,27-,28+,31+,34+,35+/m1/s1. The number of epoxide rings is 1. The van der Waals surface area contributed by atoms with E-state index in [4.69, 9.17) is 35.3 Å². The largest absolute Gasteiger partial charge is 0.495 e. The second-order valence-corrected chi connectivity index (χ2v) is 13.4. The van der Waals surface area contributed by atoms with Crippen LogP contribution >= 0.6 is 11.6 Å². The molecule has 1 aromatic carbocycles. The first-order valence-corrected chi connectivity index (χ1v) is 16.4. The molecule has 4 bridgehead atoms. The molecule has 1 aliphatic carbocycles. The van der Waals surface area contributed by atoms with Gasteiger partial charge in [0.25, 0.3) is 0 Å². The van der Waals surface area contributed by atoms with Crippen LogP contribution in [-0.4, -0.2) is 80.2 Å². The van der Waals surface area contributed by atoms with Crippen molar-refractivity contribution in [1.82, 2.24) is 10.6 Å². The first kappa shape index (κ1) is 35.5. The van der Waals surface area contributed by atoms with E-state index in [-0.39, 0.29) is 23.8 Å². The highest BCUT2D eigenvalue weighted by Gasteiger charge is 2.64. The van der Waals surface area contributed by atoms with Gasteiger partial charge in [0.2, 0.25) is 5.91 Å². The summed E-state index contributed by atoms with van der Waals surface area (Å²) in [5.74, 6) is -0.450. The summed E-state index contributed by atoms with van der Waals surface area (Å²) in [4.78, 5) is 41.4. The lowest BCUT2D eigenvalue weighted by atomic mass is 9.83. The van der Waals surface area contributed by atoms with Gasteiger partial charge >= 0.3 is 12.2 Å². The Morgan fingerprint density at radius 1 is 1.21 bits per heavy atom. The van der Waals surface area contributed by atoms with Crippen molar-refractivity contribution >= 4 is 35.4 Å². The summed E-state index contributed by atoms with van der Waals surface area (Å²) in [5, 5.41) is 17.2. The molecular weight excluding hydrogens is 642 g/mol. The van der Waals surface area contributed by atoms with E-state index in [2.05, 4.69) is 10.6 Å². The normalized spacial score (nSPS) is 34.0. The number of rotatable bonds is 4. The number of nitrogens with one attached hydrogen (secondary N) is 2. The molecule has 0 saturated carbocycles. The van der Waals surface area contributed by atoms with Crippen molar-refractivity contribution in [3.63, 3.8) is 0 Å². The van der Waals surface area contributed by atoms with Gasteiger partial charge in [-0.2, -0.15) is 0 Å². The SMILES string of the molecule is COc1cc2cc(c1Cl)N(C)C(=O)C[C@H](OC(=O)NC1=CC=CCC1)[C@]1(C)O[C@H]1[C@H](C)[C@@H]1C[C@@](O)(NC(=O)O1)[C@H](OC)/C=C/C=C(\C)C2. The molecular formula is C35H44ClN3O9. The molecule has 3 amide bonds. The van der Waals surface area contributed by atoms with E-state index in [0.717, 1.165) is 17.6 Å². The Labute approximate surface area is 285 Å². The maximum Gasteiger partial charge on any atom is 0.411 e. The minimum absolute atomic E-state index is 0.0130. The van der Waals surface area contributed by atoms with Gasteiger partial charge in [-0.1, -0.05) is 54.5 Å². The zero-order valence-electron chi connectivity index (χ0n) is 28.1. The van der Waals surface area contributed by atoms with E-state index < -0.39 is 53.8 Å². The molecule has 4 aliphatic rings. The number of anilines is 1. The number of halogens is 1. The quantitative estimate of drug-likeness (QED) is 0.369. The number of nitrogens with zero attached hydrogens (tertiary/aromatic N) is 1. The van der Waals surface area contributed by atoms with Gasteiger partial charge in [0.1, 0.15) is 34.7 Å². The molecule has 0 radical (unpaired) electrons. The Morgan fingerprint density at radius 2 is 1.98 bits per heavy atom. The summed E-state index contributed by atoms with van der Waals surface area (Å²) < 4.78 is 29.0. The predicted octanol–water partition coefficient (Wildman–Crippen LogP) is 5.08. The molecule has 3 N–H and O–H groups in total. The number of allylic oxidation sites excluding steroid dienone is 7. The number of carbonyl (C=O) groups is 3. The molecule has 48 heavy (non-hydrogen) atoms. The molecule has 5 rings (SSSR count). The van der Waals surface area contributed by atoms with E-state index in [0.29, 0.717) is 30.0 Å². The fourth-order valence-corrected chi connectivity index (χ4v) is 6.91. The smallest absolute Gasteiger partial charge is 0.411 e. The molecule has 0 unspecified atom stereocenters. The van der Waals surface area contributed by atoms with Crippen molar-refractivity contribution in [2.45, 2.75) is 88.6 Å². The minimum Gasteiger partial charge on any atom is -0.495 e. The van der Waals surface area contributed by atoms with Gasteiger partial charge in [-0.05, 0) is 56.9 Å². The molecule has 0 spiro atoms. The molecule has 2 fully saturated rings. The maximum absolute atomic E-state index is 14.0. The molecule has 13 heteroatoms. The Morgan fingerprint density at radius 3 is 2.67 bits per heavy atom. The van der Waals surface area contributed by atoms with Gasteiger partial charge in [0, 0.05) is 32.2 Å². The lowest BCUT2D eigenvalue weighted by Crippen LogP contribution is -2.63. The molecule has 260 valence electrons. The third-order valence-electron chi connectivity index (χ3n) is 9.48. The van der Waals surface area contributed by atoms with Crippen LogP contribution in [0.4, 0.5) is 15.3 Å². The number of amides is 3. The van der Waals surface area contributed by atoms with Crippen LogP contribution in [0.3, 0.4) is 0 Å². The van der Waals surface area contributed by atoms with Crippen molar-refractivity contribution in [3.05, 3.63) is 70.4 Å². The number of carbonyl (C=O) groups excluding carboxylic acids is 3. The van der Waals surface area contributed by atoms with Gasteiger partial charge in [-0.3, -0.25) is 15.4 Å². The van der Waals surface area contributed by atoms with Crippen LogP contribution in [0, 0.1) is 5.92 Å². The van der Waals surface area contributed by atoms with Crippen molar-refractivity contribution in [3.8, 4) is 5.75 Å². The average molecular weight is 686 g/mol. The summed E-state index contributed by atoms with van der Waals surface area (Å²) in [6.07, 6.45) is 7.73. The second kappa shape index (κ2) is 14.3. The van der Waals surface area contributed by atoms with E-state index in [9.17, 15) is 19.5 Å². The van der Waals surface area contributed by atoms with E-state index in [1.54, 1.807) is 32.2 Å². The molecule has 0 aromatic heterocycles. The number of ether oxygens (including phenoxy) is 5. The summed E-state index contributed by atoms with van der Waals surface area (Å²) in [6.45, 7) is 5.52. The van der Waals surface area contributed by atoms with Gasteiger partial charge in [0.05, 0.1) is 25.3 Å². The third kappa shape index (κ3) is 7.57. The van der Waals surface area contributed by atoms with Crippen LogP contribution in [0.1, 0.15) is 52.0 Å². The predicted molar refractivity (Wildman–Crippen MR) is 179 cm³/mol. The summed E-state index contributed by atoms with van der Waals surface area (Å²) in [6, 6.07) is 3.63. The number of hydrogen-bond donors (Lipinski definition) is 3. The summed E-state index contributed by atoms with van der Waals surface area (Å²) in [7, 11) is 4.56. The summed E-state index contributed by atoms with van der Waals surface area (Å²) >= 11 is 6.73. The lowest BCUT2D eigenvalue weighted by Gasteiger charge is -2.42. The molecule has 2 saturated heterocycles. The maximum atomic E-state index is 14.0. The number of aliphatic hydroxyl groups is 1. The minimum atomic E-state index is -1.79. The highest BCUT2D eigenvalue weighted by molar-refractivity contribution is 6.35. The molecule has 1 aromatic rings. The first-order chi connectivity index (χ1) is 22.8. The van der Waals surface area contributed by atoms with Gasteiger partial charge in [-0.25, -0.2) is 9.59 Å². The molecule has 3 heterocycles. The zero-order chi connectivity index (χ0) is 34.8. The summed E-state index contributed by atoms with van der Waals surface area (Å²) in [5.41, 5.74) is -0.00905. The average Bonchev–Trinajstić information content (AvgIpc) is 3.74. The van der Waals surface area contributed by atoms with Crippen LogP contribution in [0.25, 0.3) is 0 Å². The van der Waals surface area contributed by atoms with Crippen molar-refractivity contribution in [1.29, 1.82) is 0 Å². The van der Waals surface area contributed by atoms with Crippen LogP contribution in [0.2, 0.25) is 5.02 Å². The van der Waals surface area contributed by atoms with Crippen LogP contribution in [0.15, 0.2) is 59.9 Å². The highest BCUT2D eigenvalue weighted by Crippen LogP contribution is 2.49. The van der Waals surface area contributed by atoms with Crippen LogP contribution in [0.5, 0.6) is 5.75 Å². The Balaban J connectivity index is 1.53. The van der Waals surface area contributed by atoms with Crippen LogP contribution < -0.4 is 20.3 Å². The molecule has 12 nitrogen and oxygen atoms in total. The third-order valence-corrected chi connectivity index (χ3v) is 9.86. The number of benzene rings is 1. The lowest BCUT2D eigenvalue weighted by molar-refractivity contribution is -0.142. The number of alkyl carbamates (subject to hydrolysis) is 2. The van der Waals surface area contributed by atoms with Crippen molar-refractivity contribution < 1.29 is 43.2 Å². The zero-order valence-corrected chi connectivity index (χ0v) is 28.8. The van der Waals surface area contributed by atoms with Gasteiger partial charge < -0.3 is 33.7 Å². The molecule has 3 aliphatic heterocycles. The molecule has 7 atom stereocenters. The Bertz CT molecular complexity index is 1560. The van der Waals surface area contributed by atoms with Crippen LogP contribution in [-0.2, 0) is 30.2 Å². The second-order valence-electron chi connectivity index (χ2n) is 13.0. The van der Waals surface area contributed by atoms with E-state index in [1.807, 2.05) is 44.2 Å². The van der Waals surface area contributed by atoms with Gasteiger partial charge in [-0.15, -0.1) is 0 Å². The Kier molecular flexibility index (Phi) is 10.6. The van der Waals surface area contributed by atoms with Gasteiger partial charge in [0.15, 0.2) is 5.72 Å². The van der Waals surface area contributed by atoms with Crippen molar-refractivity contribution in [2.24, 2.45) is 5.92 Å². The first-order valence-electron chi connectivity index (χ1n) is 16.0. The van der Waals surface area contributed by atoms with E-state index >= 15 is 0 Å². The van der Waals surface area contributed by atoms with Crippen molar-refractivity contribution in [2.75, 3.05) is 26.2 Å². The fraction of sp³-hybridized carbons (Fsp3) is 0.514. The number of methoxy groups -OCH3 is 2. The number of fused-ring (bicyclic) bond motifs is 5. The monoisotopic (exact) mass is 685 g/mol. The Hall–Kier alpha value is -3.84. The fourth-order valence-electron chi connectivity index (χ4n) is 6.60. The number of hydrogen-bond acceptors (Lipinski definition) is 9. The highest BCUT2D eigenvalue weighted by atomic mass is 35.5. The topological polar surface area (TPSA) is 148 Å².